The second-order valence-corrected chi connectivity index (χ2v) is 5.82. The van der Waals surface area contributed by atoms with Crippen LogP contribution in [-0.4, -0.2) is 22.9 Å². The number of halogens is 1. The Hall–Kier alpha value is -1.95. The van der Waals surface area contributed by atoms with Crippen molar-refractivity contribution in [3.63, 3.8) is 0 Å². The Kier molecular flexibility index (Phi) is 4.38. The lowest BCUT2D eigenvalue weighted by molar-refractivity contribution is -0.00124. The van der Waals surface area contributed by atoms with E-state index in [4.69, 9.17) is 4.74 Å². The summed E-state index contributed by atoms with van der Waals surface area (Å²) < 4.78 is 20.2. The number of fused-ring (bicyclic) bond motifs is 1. The number of aliphatic hydroxyl groups is 2. The average molecular weight is 318 g/mol. The monoisotopic (exact) mass is 318 g/mol. The molecule has 1 aromatic heterocycles. The lowest BCUT2D eigenvalue weighted by Crippen LogP contribution is -2.27. The molecule has 114 valence electrons. The first-order valence-corrected chi connectivity index (χ1v) is 7.75. The van der Waals surface area contributed by atoms with Crippen molar-refractivity contribution in [2.45, 2.75) is 12.2 Å². The van der Waals surface area contributed by atoms with Crippen molar-refractivity contribution in [2.24, 2.45) is 0 Å². The van der Waals surface area contributed by atoms with Gasteiger partial charge in [0.25, 0.3) is 0 Å². The van der Waals surface area contributed by atoms with E-state index in [9.17, 15) is 14.6 Å². The number of rotatable bonds is 5. The molecule has 2 atom stereocenters. The van der Waals surface area contributed by atoms with Gasteiger partial charge in [-0.2, -0.15) is 0 Å². The standard InChI is InChI=1S/C17H15FO3S/c18-13-6-7-15(12-8-9-22-17(12)13)21-16(14(20)10-19)11-4-2-1-3-5-11/h1-9,14,16,19-20H,10H2/t14-,16+/m1/s1. The normalized spacial score (nSPS) is 14.0. The van der Waals surface area contributed by atoms with Gasteiger partial charge >= 0.3 is 0 Å². The molecule has 0 aliphatic heterocycles. The molecule has 5 heteroatoms. The third-order valence-corrected chi connectivity index (χ3v) is 4.37. The van der Waals surface area contributed by atoms with Crippen LogP contribution in [0.3, 0.4) is 0 Å². The van der Waals surface area contributed by atoms with E-state index in [1.165, 1.54) is 17.4 Å². The number of hydrogen-bond donors (Lipinski definition) is 2. The number of benzene rings is 2. The van der Waals surface area contributed by atoms with Crippen LogP contribution in [0.2, 0.25) is 0 Å². The van der Waals surface area contributed by atoms with E-state index in [1.54, 1.807) is 17.5 Å². The van der Waals surface area contributed by atoms with E-state index in [-0.39, 0.29) is 5.82 Å². The molecule has 22 heavy (non-hydrogen) atoms. The molecule has 2 N–H and O–H groups in total. The first kappa shape index (κ1) is 15.0. The molecule has 0 saturated heterocycles. The van der Waals surface area contributed by atoms with Gasteiger partial charge in [0.2, 0.25) is 0 Å². The summed E-state index contributed by atoms with van der Waals surface area (Å²) in [4.78, 5) is 0. The SMILES string of the molecule is OC[C@@H](O)[C@@H](Oc1ccc(F)c2sccc12)c1ccccc1. The summed E-state index contributed by atoms with van der Waals surface area (Å²) in [7, 11) is 0. The van der Waals surface area contributed by atoms with E-state index < -0.39 is 18.8 Å². The van der Waals surface area contributed by atoms with Crippen LogP contribution in [0.25, 0.3) is 10.1 Å². The van der Waals surface area contributed by atoms with Crippen molar-refractivity contribution in [3.8, 4) is 5.75 Å². The Bertz CT molecular complexity index is 757. The van der Waals surface area contributed by atoms with Gasteiger partial charge in [-0.05, 0) is 29.1 Å². The maximum atomic E-state index is 13.8. The van der Waals surface area contributed by atoms with Crippen molar-refractivity contribution in [2.75, 3.05) is 6.61 Å². The van der Waals surface area contributed by atoms with Gasteiger partial charge in [0.05, 0.1) is 11.3 Å². The van der Waals surface area contributed by atoms with Crippen molar-refractivity contribution >= 4 is 21.4 Å². The van der Waals surface area contributed by atoms with E-state index in [0.29, 0.717) is 15.8 Å². The van der Waals surface area contributed by atoms with E-state index in [2.05, 4.69) is 0 Å². The van der Waals surface area contributed by atoms with Crippen molar-refractivity contribution in [1.82, 2.24) is 0 Å². The van der Waals surface area contributed by atoms with Gasteiger partial charge in [0.1, 0.15) is 17.7 Å². The molecule has 0 aliphatic carbocycles. The molecule has 0 spiro atoms. The van der Waals surface area contributed by atoms with Crippen molar-refractivity contribution < 1.29 is 19.3 Å². The summed E-state index contributed by atoms with van der Waals surface area (Å²) in [5.74, 6) is 0.190. The van der Waals surface area contributed by atoms with Crippen LogP contribution in [0, 0.1) is 5.82 Å². The van der Waals surface area contributed by atoms with Crippen LogP contribution in [0.5, 0.6) is 5.75 Å². The van der Waals surface area contributed by atoms with Crippen LogP contribution in [-0.2, 0) is 0 Å². The molecule has 0 unspecified atom stereocenters. The molecule has 0 bridgehead atoms. The quantitative estimate of drug-likeness (QED) is 0.757. The van der Waals surface area contributed by atoms with Gasteiger partial charge in [-0.3, -0.25) is 0 Å². The Morgan fingerprint density at radius 3 is 2.59 bits per heavy atom. The van der Waals surface area contributed by atoms with E-state index in [1.807, 2.05) is 30.3 Å². The number of aliphatic hydroxyl groups excluding tert-OH is 2. The van der Waals surface area contributed by atoms with E-state index >= 15 is 0 Å². The van der Waals surface area contributed by atoms with Crippen LogP contribution >= 0.6 is 11.3 Å². The average Bonchev–Trinajstić information content (AvgIpc) is 3.05. The Morgan fingerprint density at radius 2 is 1.86 bits per heavy atom. The smallest absolute Gasteiger partial charge is 0.152 e. The molecule has 2 aromatic carbocycles. The lowest BCUT2D eigenvalue weighted by Gasteiger charge is -2.24. The maximum absolute atomic E-state index is 13.8. The van der Waals surface area contributed by atoms with Crippen LogP contribution in [0.4, 0.5) is 4.39 Å². The van der Waals surface area contributed by atoms with Gasteiger partial charge < -0.3 is 14.9 Å². The molecule has 0 saturated carbocycles. The number of hydrogen-bond acceptors (Lipinski definition) is 4. The van der Waals surface area contributed by atoms with Crippen LogP contribution < -0.4 is 4.74 Å². The minimum atomic E-state index is -1.07. The summed E-state index contributed by atoms with van der Waals surface area (Å²) >= 11 is 1.30. The number of thiophene rings is 1. The summed E-state index contributed by atoms with van der Waals surface area (Å²) in [6.45, 7) is -0.423. The predicted octanol–water partition coefficient (Wildman–Crippen LogP) is 3.51. The van der Waals surface area contributed by atoms with Crippen molar-refractivity contribution in [1.29, 1.82) is 0 Å². The molecule has 3 rings (SSSR count). The van der Waals surface area contributed by atoms with Gasteiger partial charge in [-0.15, -0.1) is 11.3 Å². The summed E-state index contributed by atoms with van der Waals surface area (Å²) in [6, 6.07) is 13.8. The largest absolute Gasteiger partial charge is 0.482 e. The predicted molar refractivity (Wildman–Crippen MR) is 84.7 cm³/mol. The first-order valence-electron chi connectivity index (χ1n) is 6.87. The minimum absolute atomic E-state index is 0.295. The molecule has 0 aliphatic rings. The highest BCUT2D eigenvalue weighted by atomic mass is 32.1. The first-order chi connectivity index (χ1) is 10.7. The van der Waals surface area contributed by atoms with Crippen LogP contribution in [0.15, 0.2) is 53.9 Å². The molecule has 0 radical (unpaired) electrons. The highest BCUT2D eigenvalue weighted by Gasteiger charge is 2.23. The van der Waals surface area contributed by atoms with Gasteiger partial charge in [0.15, 0.2) is 6.10 Å². The Morgan fingerprint density at radius 1 is 1.09 bits per heavy atom. The second kappa shape index (κ2) is 6.44. The highest BCUT2D eigenvalue weighted by Crippen LogP contribution is 2.35. The zero-order valence-electron chi connectivity index (χ0n) is 11.6. The zero-order valence-corrected chi connectivity index (χ0v) is 12.5. The lowest BCUT2D eigenvalue weighted by atomic mass is 10.0. The minimum Gasteiger partial charge on any atom is -0.482 e. The fourth-order valence-electron chi connectivity index (χ4n) is 2.35. The van der Waals surface area contributed by atoms with Gasteiger partial charge in [-0.1, -0.05) is 30.3 Å². The van der Waals surface area contributed by atoms with Gasteiger partial charge in [0, 0.05) is 5.39 Å². The fraction of sp³-hybridized carbons (Fsp3) is 0.176. The molecule has 3 nitrogen and oxygen atoms in total. The van der Waals surface area contributed by atoms with Crippen molar-refractivity contribution in [3.05, 3.63) is 65.3 Å². The summed E-state index contributed by atoms with van der Waals surface area (Å²) in [6.07, 6.45) is -1.79. The topological polar surface area (TPSA) is 49.7 Å². The number of ether oxygens (including phenoxy) is 1. The Labute approximate surface area is 131 Å². The van der Waals surface area contributed by atoms with Gasteiger partial charge in [-0.25, -0.2) is 4.39 Å². The molecule has 0 amide bonds. The molecular formula is C17H15FO3S. The third-order valence-electron chi connectivity index (χ3n) is 3.45. The maximum Gasteiger partial charge on any atom is 0.152 e. The zero-order chi connectivity index (χ0) is 15.5. The molecular weight excluding hydrogens is 303 g/mol. The van der Waals surface area contributed by atoms with Crippen LogP contribution in [0.1, 0.15) is 11.7 Å². The molecule has 3 aromatic rings. The van der Waals surface area contributed by atoms with E-state index in [0.717, 1.165) is 5.56 Å². The second-order valence-electron chi connectivity index (χ2n) is 4.91. The highest BCUT2D eigenvalue weighted by molar-refractivity contribution is 7.17. The molecule has 0 fully saturated rings. The summed E-state index contributed by atoms with van der Waals surface area (Å²) in [5.41, 5.74) is 0.747. The fourth-order valence-corrected chi connectivity index (χ4v) is 3.17. The third kappa shape index (κ3) is 2.83. The Balaban J connectivity index is 1.99. The molecule has 1 heterocycles. The summed E-state index contributed by atoms with van der Waals surface area (Å²) in [5, 5.41) is 21.8.